The van der Waals surface area contributed by atoms with E-state index in [2.05, 4.69) is 35.2 Å². The summed E-state index contributed by atoms with van der Waals surface area (Å²) < 4.78 is 31.6. The summed E-state index contributed by atoms with van der Waals surface area (Å²) in [5.74, 6) is -1.26. The fourth-order valence-corrected chi connectivity index (χ4v) is 6.55. The molecule has 0 saturated heterocycles. The molecule has 0 bridgehead atoms. The fraction of sp³-hybridized carbons (Fsp3) is 0.158. The number of rotatable bonds is 6. The van der Waals surface area contributed by atoms with Crippen molar-refractivity contribution >= 4 is 67.6 Å². The third kappa shape index (κ3) is 8.71. The Morgan fingerprint density at radius 1 is 0.792 bits per heavy atom. The highest BCUT2D eigenvalue weighted by molar-refractivity contribution is 7.13. The van der Waals surface area contributed by atoms with Crippen LogP contribution in [-0.2, 0) is 17.6 Å². The molecule has 0 spiro atoms. The van der Waals surface area contributed by atoms with Crippen LogP contribution in [0.25, 0.3) is 0 Å². The monoisotopic (exact) mass is 750 g/mol. The predicted octanol–water partition coefficient (Wildman–Crippen LogP) is 8.02. The smallest absolute Gasteiger partial charge is 0.341 e. The summed E-state index contributed by atoms with van der Waals surface area (Å²) >= 11 is 2.79. The van der Waals surface area contributed by atoms with Crippen LogP contribution in [0.15, 0.2) is 94.3 Å². The number of nitrogens with two attached hydrogens (primary N) is 1. The van der Waals surface area contributed by atoms with Crippen molar-refractivity contribution in [3.8, 4) is 0 Å². The molecule has 2 aliphatic heterocycles. The van der Waals surface area contributed by atoms with E-state index in [-0.39, 0.29) is 17.5 Å². The number of carbonyl (C=O) groups is 2. The standard InChI is InChI=1S/C18H13FN4OS.C17H15FN2O2.C3H4N2S/c1-10-6-12(19)2-3-13(10)15-7-11-8-20-9-14(16(11)22-15)17(24)23-18-21-4-5-25-18;1-3-22-17(21)14-9-19-8-11-7-15(20-16(11)14)13-5-4-12(18)6-10(13)2;4-3-5-1-2-6-3/h2-6,8-9H,7H2,1H3,(H,21,23,24);4-6,8-9H,3,7H2,1-2H3;1-2H,(H2,4,5). The first-order valence-electron chi connectivity index (χ1n) is 16.3. The number of aromatic nitrogens is 4. The van der Waals surface area contributed by atoms with Gasteiger partial charge < -0.3 is 10.5 Å². The Hall–Kier alpha value is -6.06. The number of thiazole rings is 2. The molecule has 0 atom stereocenters. The number of hydrogen-bond acceptors (Lipinski definition) is 12. The first kappa shape index (κ1) is 36.7. The SMILES string of the molecule is CCOC(=O)c1cncc2c1N=C(c1ccc(F)cc1C)C2.Cc1cc(F)ccc1C1=Nc2c(cncc2C(=O)Nc2nccs2)C1.Nc1nccs1. The lowest BCUT2D eigenvalue weighted by atomic mass is 10.0. The van der Waals surface area contributed by atoms with Gasteiger partial charge in [0.15, 0.2) is 10.3 Å². The van der Waals surface area contributed by atoms with Gasteiger partial charge in [0.25, 0.3) is 5.91 Å². The number of carbonyl (C=O) groups excluding carboxylic acids is 2. The summed E-state index contributed by atoms with van der Waals surface area (Å²) in [6.45, 7) is 5.74. The lowest BCUT2D eigenvalue weighted by Gasteiger charge is -2.05. The number of anilines is 2. The molecule has 8 rings (SSSR count). The molecule has 11 nitrogen and oxygen atoms in total. The van der Waals surface area contributed by atoms with Crippen LogP contribution in [0.2, 0.25) is 0 Å². The third-order valence-corrected chi connectivity index (χ3v) is 9.33. The van der Waals surface area contributed by atoms with Gasteiger partial charge in [-0.1, -0.05) is 0 Å². The van der Waals surface area contributed by atoms with Gasteiger partial charge in [0.2, 0.25) is 0 Å². The highest BCUT2D eigenvalue weighted by Gasteiger charge is 2.25. The van der Waals surface area contributed by atoms with Gasteiger partial charge in [0.1, 0.15) is 17.2 Å². The molecule has 0 aliphatic carbocycles. The number of pyridine rings is 2. The summed E-state index contributed by atoms with van der Waals surface area (Å²) in [6, 6.07) is 9.23. The molecule has 3 N–H and O–H groups in total. The number of amides is 1. The normalized spacial score (nSPS) is 12.2. The highest BCUT2D eigenvalue weighted by atomic mass is 32.1. The zero-order chi connectivity index (χ0) is 37.5. The minimum Gasteiger partial charge on any atom is -0.462 e. The van der Waals surface area contributed by atoms with Crippen LogP contribution in [-0.4, -0.2) is 49.8 Å². The highest BCUT2D eigenvalue weighted by Crippen LogP contribution is 2.34. The van der Waals surface area contributed by atoms with Gasteiger partial charge in [-0.25, -0.2) is 23.5 Å². The molecule has 1 amide bonds. The predicted molar refractivity (Wildman–Crippen MR) is 203 cm³/mol. The van der Waals surface area contributed by atoms with E-state index in [1.54, 1.807) is 49.2 Å². The fourth-order valence-electron chi connectivity index (χ4n) is 5.65. The number of aliphatic imine (C=N–C) groups is 2. The van der Waals surface area contributed by atoms with Crippen molar-refractivity contribution in [2.75, 3.05) is 17.7 Å². The Morgan fingerprint density at radius 2 is 1.34 bits per heavy atom. The van der Waals surface area contributed by atoms with E-state index in [1.165, 1.54) is 59.3 Å². The van der Waals surface area contributed by atoms with Gasteiger partial charge in [0, 0.05) is 71.9 Å². The number of halogens is 2. The first-order valence-corrected chi connectivity index (χ1v) is 18.0. The molecule has 268 valence electrons. The van der Waals surface area contributed by atoms with E-state index < -0.39 is 5.97 Å². The van der Waals surface area contributed by atoms with E-state index in [0.717, 1.165) is 44.8 Å². The van der Waals surface area contributed by atoms with Gasteiger partial charge in [-0.3, -0.25) is 30.1 Å². The van der Waals surface area contributed by atoms with Crippen LogP contribution < -0.4 is 11.1 Å². The Balaban J connectivity index is 0.000000158. The van der Waals surface area contributed by atoms with Crippen molar-refractivity contribution in [3.63, 3.8) is 0 Å². The Labute approximate surface area is 311 Å². The Morgan fingerprint density at radius 3 is 1.81 bits per heavy atom. The van der Waals surface area contributed by atoms with Crippen molar-refractivity contribution in [1.82, 2.24) is 19.9 Å². The molecule has 0 fully saturated rings. The van der Waals surface area contributed by atoms with Crippen LogP contribution in [0.3, 0.4) is 0 Å². The summed E-state index contributed by atoms with van der Waals surface area (Å²) in [6.07, 6.45) is 10.8. The number of nitrogens with zero attached hydrogens (tertiary/aromatic N) is 6. The maximum Gasteiger partial charge on any atom is 0.341 e. The van der Waals surface area contributed by atoms with Gasteiger partial charge in [0.05, 0.1) is 35.0 Å². The zero-order valence-electron chi connectivity index (χ0n) is 28.8. The number of fused-ring (bicyclic) bond motifs is 2. The van der Waals surface area contributed by atoms with Crippen LogP contribution in [0, 0.1) is 25.5 Å². The lowest BCUT2D eigenvalue weighted by Crippen LogP contribution is -2.12. The first-order chi connectivity index (χ1) is 25.6. The van der Waals surface area contributed by atoms with E-state index in [1.807, 2.05) is 19.2 Å². The maximum absolute atomic E-state index is 13.3. The van der Waals surface area contributed by atoms with Crippen LogP contribution in [0.4, 0.5) is 30.4 Å². The molecule has 6 aromatic rings. The molecule has 2 aromatic carbocycles. The summed E-state index contributed by atoms with van der Waals surface area (Å²) in [4.78, 5) is 49.7. The number of aryl methyl sites for hydroxylation is 2. The second-order valence-electron chi connectivity index (χ2n) is 11.7. The van der Waals surface area contributed by atoms with Crippen molar-refractivity contribution < 1.29 is 23.1 Å². The Bertz CT molecular complexity index is 2350. The van der Waals surface area contributed by atoms with Gasteiger partial charge in [-0.15, -0.1) is 22.7 Å². The van der Waals surface area contributed by atoms with Crippen molar-refractivity contribution in [1.29, 1.82) is 0 Å². The number of hydrogen-bond donors (Lipinski definition) is 2. The topological polar surface area (TPSA) is 158 Å². The third-order valence-electron chi connectivity index (χ3n) is 8.04. The molecule has 4 aromatic heterocycles. The van der Waals surface area contributed by atoms with Crippen molar-refractivity contribution in [2.45, 2.75) is 33.6 Å². The second-order valence-corrected chi connectivity index (χ2v) is 13.5. The van der Waals surface area contributed by atoms with Crippen LogP contribution >= 0.6 is 22.7 Å². The van der Waals surface area contributed by atoms with Crippen LogP contribution in [0.5, 0.6) is 0 Å². The molecule has 6 heterocycles. The average Bonchev–Trinajstić information content (AvgIpc) is 3.96. The maximum atomic E-state index is 13.3. The molecule has 0 radical (unpaired) electrons. The molecule has 15 heteroatoms. The average molecular weight is 751 g/mol. The summed E-state index contributed by atoms with van der Waals surface area (Å²) in [5, 5.41) is 7.54. The molecule has 53 heavy (non-hydrogen) atoms. The number of esters is 1. The Kier molecular flexibility index (Phi) is 11.4. The van der Waals surface area contributed by atoms with Gasteiger partial charge in [-0.2, -0.15) is 0 Å². The molecule has 0 saturated carbocycles. The van der Waals surface area contributed by atoms with Crippen LogP contribution in [0.1, 0.15) is 61.0 Å². The van der Waals surface area contributed by atoms with Crippen molar-refractivity contribution in [3.05, 3.63) is 140 Å². The van der Waals surface area contributed by atoms with E-state index >= 15 is 0 Å². The van der Waals surface area contributed by atoms with E-state index in [4.69, 9.17) is 10.5 Å². The largest absolute Gasteiger partial charge is 0.462 e. The second kappa shape index (κ2) is 16.5. The molecule has 0 unspecified atom stereocenters. The minimum atomic E-state index is -0.423. The quantitative estimate of drug-likeness (QED) is 0.162. The molecular formula is C38H32F2N8O3S2. The number of ether oxygens (including phenoxy) is 1. The lowest BCUT2D eigenvalue weighted by molar-refractivity contribution is 0.0526. The summed E-state index contributed by atoms with van der Waals surface area (Å²) in [7, 11) is 0. The van der Waals surface area contributed by atoms with Crippen molar-refractivity contribution in [2.24, 2.45) is 9.98 Å². The number of nitrogen functional groups attached to an aromatic ring is 1. The zero-order valence-corrected chi connectivity index (χ0v) is 30.4. The summed E-state index contributed by atoms with van der Waals surface area (Å²) in [5.41, 5.74) is 13.9. The molecule has 2 aliphatic rings. The molecular weight excluding hydrogens is 719 g/mol. The van der Waals surface area contributed by atoms with Gasteiger partial charge >= 0.3 is 5.97 Å². The van der Waals surface area contributed by atoms with Gasteiger partial charge in [-0.05, 0) is 79.4 Å². The minimum absolute atomic E-state index is 0.272. The number of nitrogens with one attached hydrogen (secondary N) is 1. The van der Waals surface area contributed by atoms with E-state index in [0.29, 0.717) is 52.2 Å². The number of benzene rings is 2. The van der Waals surface area contributed by atoms with E-state index in [9.17, 15) is 18.4 Å².